The van der Waals surface area contributed by atoms with Gasteiger partial charge in [-0.1, -0.05) is 40.9 Å². The van der Waals surface area contributed by atoms with Crippen LogP contribution in [-0.2, 0) is 5.75 Å². The van der Waals surface area contributed by atoms with Crippen molar-refractivity contribution in [2.75, 3.05) is 0 Å². The summed E-state index contributed by atoms with van der Waals surface area (Å²) in [5, 5.41) is 8.23. The zero-order valence-electron chi connectivity index (χ0n) is 11.5. The quantitative estimate of drug-likeness (QED) is 0.495. The van der Waals surface area contributed by atoms with Crippen molar-refractivity contribution in [1.29, 1.82) is 5.41 Å². The smallest absolute Gasteiger partial charge is 0.123 e. The van der Waals surface area contributed by atoms with Crippen LogP contribution in [-0.4, -0.2) is 5.84 Å². The van der Waals surface area contributed by atoms with Gasteiger partial charge in [0.05, 0.1) is 0 Å². The summed E-state index contributed by atoms with van der Waals surface area (Å²) < 4.78 is 0. The number of nitrogen functional groups attached to an aromatic ring is 1. The fourth-order valence-corrected chi connectivity index (χ4v) is 3.30. The minimum absolute atomic E-state index is 0.0513. The van der Waals surface area contributed by atoms with Gasteiger partial charge in [0.1, 0.15) is 5.84 Å². The summed E-state index contributed by atoms with van der Waals surface area (Å²) >= 11 is 7.63. The van der Waals surface area contributed by atoms with Crippen LogP contribution in [0.1, 0.15) is 22.3 Å². The third-order valence-corrected chi connectivity index (χ3v) is 4.29. The van der Waals surface area contributed by atoms with Crippen molar-refractivity contribution >= 4 is 29.2 Å². The fourth-order valence-electron chi connectivity index (χ4n) is 2.15. The molecule has 2 nitrogen and oxygen atoms in total. The molecule has 2 aromatic rings. The van der Waals surface area contributed by atoms with Gasteiger partial charge in [-0.2, -0.15) is 0 Å². The SMILES string of the molecule is Cc1cc(C)cc(CSc2ccc(Cl)cc2C(=N)N)c1. The molecule has 0 bridgehead atoms. The zero-order chi connectivity index (χ0) is 14.7. The summed E-state index contributed by atoms with van der Waals surface area (Å²) in [5.41, 5.74) is 10.1. The maximum atomic E-state index is 7.63. The number of aryl methyl sites for hydroxylation is 2. The molecular weight excluding hydrogens is 288 g/mol. The lowest BCUT2D eigenvalue weighted by Crippen LogP contribution is -2.12. The van der Waals surface area contributed by atoms with Crippen LogP contribution in [0.3, 0.4) is 0 Å². The van der Waals surface area contributed by atoms with Gasteiger partial charge in [0, 0.05) is 21.2 Å². The monoisotopic (exact) mass is 304 g/mol. The molecule has 0 aliphatic rings. The third-order valence-electron chi connectivity index (χ3n) is 2.91. The Bertz CT molecular complexity index is 633. The Kier molecular flexibility index (Phi) is 4.73. The van der Waals surface area contributed by atoms with E-state index in [4.69, 9.17) is 22.7 Å². The number of thioether (sulfide) groups is 1. The van der Waals surface area contributed by atoms with Crippen molar-refractivity contribution in [3.8, 4) is 0 Å². The molecule has 0 aliphatic heterocycles. The van der Waals surface area contributed by atoms with Gasteiger partial charge in [-0.3, -0.25) is 5.41 Å². The van der Waals surface area contributed by atoms with E-state index in [2.05, 4.69) is 32.0 Å². The molecule has 0 unspecified atom stereocenters. The average Bonchev–Trinajstić information content (AvgIpc) is 2.36. The molecule has 2 aromatic carbocycles. The Hall–Kier alpha value is -1.45. The van der Waals surface area contributed by atoms with Crippen LogP contribution >= 0.6 is 23.4 Å². The van der Waals surface area contributed by atoms with Gasteiger partial charge in [-0.25, -0.2) is 0 Å². The van der Waals surface area contributed by atoms with E-state index in [1.165, 1.54) is 16.7 Å². The second-order valence-corrected chi connectivity index (χ2v) is 6.29. The summed E-state index contributed by atoms with van der Waals surface area (Å²) in [4.78, 5) is 0.987. The lowest BCUT2D eigenvalue weighted by molar-refractivity contribution is 1.29. The van der Waals surface area contributed by atoms with Crippen LogP contribution in [0.2, 0.25) is 5.02 Å². The Labute approximate surface area is 128 Å². The normalized spacial score (nSPS) is 10.6. The molecule has 0 heterocycles. The van der Waals surface area contributed by atoms with Crippen LogP contribution in [0.4, 0.5) is 0 Å². The van der Waals surface area contributed by atoms with Crippen LogP contribution in [0.15, 0.2) is 41.3 Å². The number of nitrogens with two attached hydrogens (primary N) is 1. The summed E-state index contributed by atoms with van der Waals surface area (Å²) in [6.45, 7) is 4.20. The molecule has 3 N–H and O–H groups in total. The van der Waals surface area contributed by atoms with Crippen molar-refractivity contribution in [3.05, 3.63) is 63.7 Å². The average molecular weight is 305 g/mol. The first-order valence-corrected chi connectivity index (χ1v) is 7.66. The number of hydrogen-bond donors (Lipinski definition) is 2. The number of rotatable bonds is 4. The summed E-state index contributed by atoms with van der Waals surface area (Å²) in [6, 6.07) is 12.0. The van der Waals surface area contributed by atoms with E-state index in [-0.39, 0.29) is 5.84 Å². The van der Waals surface area contributed by atoms with Crippen LogP contribution in [0, 0.1) is 19.3 Å². The molecule has 0 aliphatic carbocycles. The van der Waals surface area contributed by atoms with E-state index in [1.54, 1.807) is 17.8 Å². The van der Waals surface area contributed by atoms with E-state index in [1.807, 2.05) is 12.1 Å². The zero-order valence-corrected chi connectivity index (χ0v) is 13.1. The molecule has 104 valence electrons. The van der Waals surface area contributed by atoms with E-state index >= 15 is 0 Å². The Morgan fingerprint density at radius 2 is 1.80 bits per heavy atom. The maximum Gasteiger partial charge on any atom is 0.123 e. The first-order valence-electron chi connectivity index (χ1n) is 6.29. The molecule has 2 rings (SSSR count). The molecule has 20 heavy (non-hydrogen) atoms. The molecule has 0 saturated carbocycles. The van der Waals surface area contributed by atoms with Gasteiger partial charge in [-0.15, -0.1) is 11.8 Å². The van der Waals surface area contributed by atoms with Gasteiger partial charge in [0.15, 0.2) is 0 Å². The lowest BCUT2D eigenvalue weighted by atomic mass is 10.1. The number of hydrogen-bond acceptors (Lipinski definition) is 2. The molecule has 0 radical (unpaired) electrons. The highest BCUT2D eigenvalue weighted by molar-refractivity contribution is 7.98. The minimum atomic E-state index is 0.0513. The highest BCUT2D eigenvalue weighted by Gasteiger charge is 2.07. The Morgan fingerprint density at radius 3 is 2.40 bits per heavy atom. The third kappa shape index (κ3) is 3.78. The van der Waals surface area contributed by atoms with E-state index in [0.717, 1.165) is 10.6 Å². The standard InChI is InChI=1S/C16H17ClN2S/c1-10-5-11(2)7-12(6-10)9-20-15-4-3-13(17)8-14(15)16(18)19/h3-8H,9H2,1-2H3,(H3,18,19). The van der Waals surface area contributed by atoms with Crippen molar-refractivity contribution in [3.63, 3.8) is 0 Å². The summed E-state index contributed by atoms with van der Waals surface area (Å²) in [5.74, 6) is 0.903. The summed E-state index contributed by atoms with van der Waals surface area (Å²) in [6.07, 6.45) is 0. The number of halogens is 1. The van der Waals surface area contributed by atoms with Gasteiger partial charge >= 0.3 is 0 Å². The summed E-state index contributed by atoms with van der Waals surface area (Å²) in [7, 11) is 0. The molecule has 0 amide bonds. The highest BCUT2D eigenvalue weighted by Crippen LogP contribution is 2.28. The van der Waals surface area contributed by atoms with Crippen LogP contribution in [0.25, 0.3) is 0 Å². The Balaban J connectivity index is 2.20. The van der Waals surface area contributed by atoms with E-state index in [0.29, 0.717) is 10.6 Å². The maximum absolute atomic E-state index is 7.63. The minimum Gasteiger partial charge on any atom is -0.384 e. The molecular formula is C16H17ClN2S. The van der Waals surface area contributed by atoms with Gasteiger partial charge < -0.3 is 5.73 Å². The van der Waals surface area contributed by atoms with E-state index in [9.17, 15) is 0 Å². The number of benzene rings is 2. The van der Waals surface area contributed by atoms with Crippen molar-refractivity contribution in [2.24, 2.45) is 5.73 Å². The molecule has 0 atom stereocenters. The second kappa shape index (κ2) is 6.33. The molecule has 4 heteroatoms. The molecule has 0 spiro atoms. The topological polar surface area (TPSA) is 49.9 Å². The van der Waals surface area contributed by atoms with Gasteiger partial charge in [0.2, 0.25) is 0 Å². The predicted octanol–water partition coefficient (Wildman–Crippen LogP) is 4.53. The first-order chi connectivity index (χ1) is 9.45. The lowest BCUT2D eigenvalue weighted by Gasteiger charge is -2.09. The van der Waals surface area contributed by atoms with Crippen molar-refractivity contribution < 1.29 is 0 Å². The van der Waals surface area contributed by atoms with Gasteiger partial charge in [-0.05, 0) is 37.6 Å². The fraction of sp³-hybridized carbons (Fsp3) is 0.188. The Morgan fingerprint density at radius 1 is 1.15 bits per heavy atom. The van der Waals surface area contributed by atoms with Crippen LogP contribution < -0.4 is 5.73 Å². The van der Waals surface area contributed by atoms with Crippen molar-refractivity contribution in [2.45, 2.75) is 24.5 Å². The van der Waals surface area contributed by atoms with Crippen molar-refractivity contribution in [1.82, 2.24) is 0 Å². The molecule has 0 aromatic heterocycles. The predicted molar refractivity (Wildman–Crippen MR) is 87.9 cm³/mol. The first kappa shape index (κ1) is 14.9. The number of nitrogens with one attached hydrogen (secondary N) is 1. The number of amidine groups is 1. The van der Waals surface area contributed by atoms with Gasteiger partial charge in [0.25, 0.3) is 0 Å². The van der Waals surface area contributed by atoms with E-state index < -0.39 is 0 Å². The highest BCUT2D eigenvalue weighted by atomic mass is 35.5. The molecule has 0 fully saturated rings. The largest absolute Gasteiger partial charge is 0.384 e. The second-order valence-electron chi connectivity index (χ2n) is 4.84. The van der Waals surface area contributed by atoms with Crippen LogP contribution in [0.5, 0.6) is 0 Å². The molecule has 0 saturated heterocycles.